The fourth-order valence-electron chi connectivity index (χ4n) is 1.66. The quantitative estimate of drug-likeness (QED) is 0.911. The van der Waals surface area contributed by atoms with Crippen LogP contribution in [-0.2, 0) is 6.61 Å². The highest BCUT2D eigenvalue weighted by Gasteiger charge is 2.08. The van der Waals surface area contributed by atoms with Crippen molar-refractivity contribution in [1.82, 2.24) is 0 Å². The van der Waals surface area contributed by atoms with E-state index in [4.69, 9.17) is 14.6 Å². The molecule has 5 heteroatoms. The maximum atomic E-state index is 13.3. The van der Waals surface area contributed by atoms with Crippen LogP contribution in [0.1, 0.15) is 15.9 Å². The summed E-state index contributed by atoms with van der Waals surface area (Å²) in [5, 5.41) is 8.84. The molecule has 104 valence electrons. The first-order valence-corrected chi connectivity index (χ1v) is 5.88. The molecule has 0 unspecified atom stereocenters. The van der Waals surface area contributed by atoms with E-state index in [1.807, 2.05) is 12.1 Å². The highest BCUT2D eigenvalue weighted by Crippen LogP contribution is 2.19. The van der Waals surface area contributed by atoms with E-state index >= 15 is 0 Å². The minimum atomic E-state index is -1.20. The van der Waals surface area contributed by atoms with Crippen molar-refractivity contribution in [3.8, 4) is 11.5 Å². The first-order valence-electron chi connectivity index (χ1n) is 5.88. The third kappa shape index (κ3) is 3.47. The summed E-state index contributed by atoms with van der Waals surface area (Å²) in [4.78, 5) is 10.8. The van der Waals surface area contributed by atoms with E-state index in [1.165, 1.54) is 6.07 Å². The average Bonchev–Trinajstić information content (AvgIpc) is 2.45. The molecule has 0 atom stereocenters. The van der Waals surface area contributed by atoms with Crippen LogP contribution in [0, 0.1) is 5.82 Å². The molecule has 2 rings (SSSR count). The predicted molar refractivity (Wildman–Crippen MR) is 70.7 cm³/mol. The SMILES string of the molecule is COc1ccc(COc2cc(F)cc(C(=O)O)c2)cc1. The van der Waals surface area contributed by atoms with Crippen LogP contribution in [0.25, 0.3) is 0 Å². The lowest BCUT2D eigenvalue weighted by Crippen LogP contribution is -2.00. The van der Waals surface area contributed by atoms with Gasteiger partial charge >= 0.3 is 5.97 Å². The smallest absolute Gasteiger partial charge is 0.335 e. The molecule has 2 aromatic rings. The number of carbonyl (C=O) groups is 1. The van der Waals surface area contributed by atoms with Crippen LogP contribution in [-0.4, -0.2) is 18.2 Å². The first-order chi connectivity index (χ1) is 9.58. The summed E-state index contributed by atoms with van der Waals surface area (Å²) in [6.07, 6.45) is 0. The lowest BCUT2D eigenvalue weighted by Gasteiger charge is -2.08. The Morgan fingerprint density at radius 1 is 1.15 bits per heavy atom. The Morgan fingerprint density at radius 2 is 1.85 bits per heavy atom. The maximum Gasteiger partial charge on any atom is 0.335 e. The van der Waals surface area contributed by atoms with Crippen LogP contribution >= 0.6 is 0 Å². The van der Waals surface area contributed by atoms with Gasteiger partial charge in [0.1, 0.15) is 23.9 Å². The van der Waals surface area contributed by atoms with E-state index < -0.39 is 11.8 Å². The summed E-state index contributed by atoms with van der Waals surface area (Å²) in [5.41, 5.74) is 0.724. The lowest BCUT2D eigenvalue weighted by molar-refractivity contribution is 0.0695. The van der Waals surface area contributed by atoms with Crippen LogP contribution < -0.4 is 9.47 Å². The molecule has 0 aliphatic rings. The maximum absolute atomic E-state index is 13.3. The van der Waals surface area contributed by atoms with E-state index in [0.717, 1.165) is 23.4 Å². The highest BCUT2D eigenvalue weighted by molar-refractivity contribution is 5.88. The van der Waals surface area contributed by atoms with Gasteiger partial charge in [-0.3, -0.25) is 0 Å². The normalized spacial score (nSPS) is 10.1. The standard InChI is InChI=1S/C15H13FO4/c1-19-13-4-2-10(3-5-13)9-20-14-7-11(15(17)18)6-12(16)8-14/h2-8H,9H2,1H3,(H,17,18). The molecule has 20 heavy (non-hydrogen) atoms. The number of halogens is 1. The van der Waals surface area contributed by atoms with Crippen molar-refractivity contribution in [3.63, 3.8) is 0 Å². The molecule has 0 amide bonds. The number of rotatable bonds is 5. The number of hydrogen-bond acceptors (Lipinski definition) is 3. The van der Waals surface area contributed by atoms with Crippen LogP contribution in [0.15, 0.2) is 42.5 Å². The first kappa shape index (κ1) is 13.9. The average molecular weight is 276 g/mol. The Morgan fingerprint density at radius 3 is 2.45 bits per heavy atom. The third-order valence-corrected chi connectivity index (χ3v) is 2.68. The van der Waals surface area contributed by atoms with Crippen molar-refractivity contribution >= 4 is 5.97 Å². The Balaban J connectivity index is 2.08. The predicted octanol–water partition coefficient (Wildman–Crippen LogP) is 3.11. The lowest BCUT2D eigenvalue weighted by atomic mass is 10.2. The van der Waals surface area contributed by atoms with Crippen LogP contribution in [0.2, 0.25) is 0 Å². The van der Waals surface area contributed by atoms with Crippen LogP contribution in [0.5, 0.6) is 11.5 Å². The number of benzene rings is 2. The minimum absolute atomic E-state index is 0.144. The number of ether oxygens (including phenoxy) is 2. The van der Waals surface area contributed by atoms with Gasteiger partial charge in [0, 0.05) is 6.07 Å². The van der Waals surface area contributed by atoms with Crippen LogP contribution in [0.4, 0.5) is 4.39 Å². The minimum Gasteiger partial charge on any atom is -0.497 e. The molecule has 0 saturated carbocycles. The van der Waals surface area contributed by atoms with Crippen molar-refractivity contribution in [2.24, 2.45) is 0 Å². The summed E-state index contributed by atoms with van der Waals surface area (Å²) in [6, 6.07) is 10.6. The number of carboxylic acid groups (broad SMARTS) is 1. The molecule has 0 spiro atoms. The fourth-order valence-corrected chi connectivity index (χ4v) is 1.66. The second kappa shape index (κ2) is 6.06. The topological polar surface area (TPSA) is 55.8 Å². The summed E-state index contributed by atoms with van der Waals surface area (Å²) < 4.78 is 23.7. The van der Waals surface area contributed by atoms with Gasteiger partial charge < -0.3 is 14.6 Å². The van der Waals surface area contributed by atoms with Gasteiger partial charge in [-0.15, -0.1) is 0 Å². The third-order valence-electron chi connectivity index (χ3n) is 2.68. The van der Waals surface area contributed by atoms with Gasteiger partial charge in [0.25, 0.3) is 0 Å². The van der Waals surface area contributed by atoms with Crippen molar-refractivity contribution < 1.29 is 23.8 Å². The summed E-state index contributed by atoms with van der Waals surface area (Å²) >= 11 is 0. The van der Waals surface area contributed by atoms with Gasteiger partial charge in [0.2, 0.25) is 0 Å². The molecule has 0 aliphatic carbocycles. The molecule has 1 N–H and O–H groups in total. The Bertz CT molecular complexity index is 608. The van der Waals surface area contributed by atoms with Gasteiger partial charge in [0.05, 0.1) is 12.7 Å². The van der Waals surface area contributed by atoms with E-state index in [2.05, 4.69) is 0 Å². The zero-order valence-electron chi connectivity index (χ0n) is 10.8. The molecule has 0 saturated heterocycles. The zero-order chi connectivity index (χ0) is 14.5. The number of methoxy groups -OCH3 is 1. The number of aromatic carboxylic acids is 1. The molecule has 0 aromatic heterocycles. The van der Waals surface area contributed by atoms with Gasteiger partial charge in [-0.05, 0) is 29.8 Å². The Hall–Kier alpha value is -2.56. The van der Waals surface area contributed by atoms with Gasteiger partial charge in [-0.2, -0.15) is 0 Å². The summed E-state index contributed by atoms with van der Waals surface area (Å²) in [5.74, 6) is -0.931. The molecule has 2 aromatic carbocycles. The Kier molecular flexibility index (Phi) is 4.20. The van der Waals surface area contributed by atoms with Crippen molar-refractivity contribution in [3.05, 3.63) is 59.4 Å². The van der Waals surface area contributed by atoms with Crippen molar-refractivity contribution in [2.75, 3.05) is 7.11 Å². The van der Waals surface area contributed by atoms with E-state index in [0.29, 0.717) is 0 Å². The largest absolute Gasteiger partial charge is 0.497 e. The monoisotopic (exact) mass is 276 g/mol. The van der Waals surface area contributed by atoms with Gasteiger partial charge in [0.15, 0.2) is 0 Å². The molecular weight excluding hydrogens is 263 g/mol. The molecule has 0 radical (unpaired) electrons. The molecule has 0 bridgehead atoms. The van der Waals surface area contributed by atoms with Gasteiger partial charge in [-0.1, -0.05) is 12.1 Å². The van der Waals surface area contributed by atoms with E-state index in [9.17, 15) is 9.18 Å². The Labute approximate surface area is 115 Å². The second-order valence-electron chi connectivity index (χ2n) is 4.12. The zero-order valence-corrected chi connectivity index (χ0v) is 10.8. The van der Waals surface area contributed by atoms with Gasteiger partial charge in [-0.25, -0.2) is 9.18 Å². The van der Waals surface area contributed by atoms with E-state index in [-0.39, 0.29) is 17.9 Å². The van der Waals surface area contributed by atoms with E-state index in [1.54, 1.807) is 19.2 Å². The molecule has 0 fully saturated rings. The van der Waals surface area contributed by atoms with Crippen molar-refractivity contribution in [2.45, 2.75) is 6.61 Å². The fraction of sp³-hybridized carbons (Fsp3) is 0.133. The van der Waals surface area contributed by atoms with Crippen molar-refractivity contribution in [1.29, 1.82) is 0 Å². The highest BCUT2D eigenvalue weighted by atomic mass is 19.1. The summed E-state index contributed by atoms with van der Waals surface area (Å²) in [7, 11) is 1.58. The second-order valence-corrected chi connectivity index (χ2v) is 4.12. The molecule has 4 nitrogen and oxygen atoms in total. The number of hydrogen-bond donors (Lipinski definition) is 1. The molecular formula is C15H13FO4. The molecule has 0 heterocycles. The summed E-state index contributed by atoms with van der Waals surface area (Å²) in [6.45, 7) is 0.215. The number of carboxylic acids is 1. The van der Waals surface area contributed by atoms with Crippen LogP contribution in [0.3, 0.4) is 0 Å². The molecule has 0 aliphatic heterocycles.